The Bertz CT molecular complexity index is 1050. The molecule has 7 nitrogen and oxygen atoms in total. The first-order chi connectivity index (χ1) is 14.5. The zero-order valence-corrected chi connectivity index (χ0v) is 16.8. The SMILES string of the molecule is C[C@@H]1Cc2ccccc2N1C(=O)COC(=O)c1ccc2c(c1)NC(=O)[C@H]1CCCN21. The average molecular weight is 405 g/mol. The highest BCUT2D eigenvalue weighted by molar-refractivity contribution is 6.06. The molecule has 3 heterocycles. The van der Waals surface area contributed by atoms with Gasteiger partial charge in [-0.1, -0.05) is 18.2 Å². The quantitative estimate of drug-likeness (QED) is 0.795. The fourth-order valence-corrected chi connectivity index (χ4v) is 4.78. The average Bonchev–Trinajstić information content (AvgIpc) is 3.36. The number of rotatable bonds is 3. The van der Waals surface area contributed by atoms with Crippen LogP contribution in [0.5, 0.6) is 0 Å². The molecular formula is C23H23N3O4. The number of benzene rings is 2. The van der Waals surface area contributed by atoms with Gasteiger partial charge in [-0.3, -0.25) is 9.59 Å². The third-order valence-electron chi connectivity index (χ3n) is 6.16. The van der Waals surface area contributed by atoms with Gasteiger partial charge < -0.3 is 19.9 Å². The van der Waals surface area contributed by atoms with Crippen LogP contribution in [0.2, 0.25) is 0 Å². The van der Waals surface area contributed by atoms with Crippen molar-refractivity contribution in [3.8, 4) is 0 Å². The van der Waals surface area contributed by atoms with Gasteiger partial charge in [0.05, 0.1) is 16.9 Å². The Morgan fingerprint density at radius 2 is 2.00 bits per heavy atom. The molecule has 2 amide bonds. The van der Waals surface area contributed by atoms with E-state index in [1.807, 2.05) is 37.3 Å². The van der Waals surface area contributed by atoms with Gasteiger partial charge in [0.2, 0.25) is 5.91 Å². The van der Waals surface area contributed by atoms with Crippen LogP contribution in [-0.2, 0) is 20.7 Å². The highest BCUT2D eigenvalue weighted by Crippen LogP contribution is 2.37. The molecule has 30 heavy (non-hydrogen) atoms. The van der Waals surface area contributed by atoms with Crippen LogP contribution in [0.4, 0.5) is 17.1 Å². The summed E-state index contributed by atoms with van der Waals surface area (Å²) in [6.07, 6.45) is 2.61. The predicted molar refractivity (Wildman–Crippen MR) is 113 cm³/mol. The van der Waals surface area contributed by atoms with E-state index in [2.05, 4.69) is 10.2 Å². The van der Waals surface area contributed by atoms with E-state index < -0.39 is 5.97 Å². The predicted octanol–water partition coefficient (Wildman–Crippen LogP) is 2.74. The number of nitrogens with zero attached hydrogens (tertiary/aromatic N) is 2. The van der Waals surface area contributed by atoms with E-state index in [0.29, 0.717) is 11.3 Å². The molecule has 1 N–H and O–H groups in total. The minimum Gasteiger partial charge on any atom is -0.452 e. The van der Waals surface area contributed by atoms with Crippen molar-refractivity contribution in [1.29, 1.82) is 0 Å². The second-order valence-corrected chi connectivity index (χ2v) is 8.09. The number of para-hydroxylation sites is 1. The first-order valence-electron chi connectivity index (χ1n) is 10.3. The number of nitrogens with one attached hydrogen (secondary N) is 1. The molecule has 1 fully saturated rings. The Hall–Kier alpha value is -3.35. The molecule has 0 bridgehead atoms. The summed E-state index contributed by atoms with van der Waals surface area (Å²) in [6, 6.07) is 12.8. The number of carbonyl (C=O) groups is 3. The first-order valence-corrected chi connectivity index (χ1v) is 10.3. The molecule has 2 aromatic carbocycles. The first kappa shape index (κ1) is 18.7. The Morgan fingerprint density at radius 1 is 1.17 bits per heavy atom. The molecule has 0 spiro atoms. The molecule has 0 aliphatic carbocycles. The van der Waals surface area contributed by atoms with Gasteiger partial charge in [-0.25, -0.2) is 4.79 Å². The number of esters is 1. The van der Waals surface area contributed by atoms with E-state index in [9.17, 15) is 14.4 Å². The number of amides is 2. The molecule has 154 valence electrons. The fourth-order valence-electron chi connectivity index (χ4n) is 4.78. The normalized spacial score (nSPS) is 21.6. The third kappa shape index (κ3) is 3.01. The summed E-state index contributed by atoms with van der Waals surface area (Å²) in [4.78, 5) is 41.4. The van der Waals surface area contributed by atoms with Crippen LogP contribution in [0.3, 0.4) is 0 Å². The molecule has 2 aromatic rings. The van der Waals surface area contributed by atoms with E-state index in [1.165, 1.54) is 0 Å². The zero-order chi connectivity index (χ0) is 20.8. The van der Waals surface area contributed by atoms with Gasteiger partial charge in [-0.15, -0.1) is 0 Å². The van der Waals surface area contributed by atoms with Gasteiger partial charge >= 0.3 is 5.97 Å². The standard InChI is InChI=1S/C23H23N3O4/c1-14-11-15-5-2-3-6-18(15)26(14)21(27)13-30-23(29)16-8-9-19-17(12-16)24-22(28)20-7-4-10-25(19)20/h2-3,5-6,8-9,12,14,20H,4,7,10-11,13H2,1H3,(H,24,28)/t14-,20-/m1/s1. The summed E-state index contributed by atoms with van der Waals surface area (Å²) < 4.78 is 5.31. The minimum atomic E-state index is -0.580. The van der Waals surface area contributed by atoms with Gasteiger partial charge in [-0.05, 0) is 56.0 Å². The van der Waals surface area contributed by atoms with Crippen molar-refractivity contribution in [2.24, 2.45) is 0 Å². The van der Waals surface area contributed by atoms with Gasteiger partial charge in [0, 0.05) is 18.3 Å². The fraction of sp³-hybridized carbons (Fsp3) is 0.348. The van der Waals surface area contributed by atoms with Gasteiger partial charge in [0.15, 0.2) is 6.61 Å². The van der Waals surface area contributed by atoms with E-state index >= 15 is 0 Å². The van der Waals surface area contributed by atoms with Crippen LogP contribution in [0.25, 0.3) is 0 Å². The van der Waals surface area contributed by atoms with Gasteiger partial charge in [-0.2, -0.15) is 0 Å². The maximum absolute atomic E-state index is 12.7. The van der Waals surface area contributed by atoms with Crippen LogP contribution in [-0.4, -0.2) is 43.0 Å². The number of fused-ring (bicyclic) bond motifs is 4. The molecule has 3 aliphatic heterocycles. The minimum absolute atomic E-state index is 0.0287. The molecule has 0 radical (unpaired) electrons. The van der Waals surface area contributed by atoms with Crippen molar-refractivity contribution in [2.45, 2.75) is 38.3 Å². The number of hydrogen-bond acceptors (Lipinski definition) is 5. The van der Waals surface area contributed by atoms with Crippen LogP contribution >= 0.6 is 0 Å². The van der Waals surface area contributed by atoms with Crippen molar-refractivity contribution < 1.29 is 19.1 Å². The molecule has 7 heteroatoms. The van der Waals surface area contributed by atoms with Gasteiger partial charge in [0.25, 0.3) is 5.91 Å². The maximum atomic E-state index is 12.7. The third-order valence-corrected chi connectivity index (χ3v) is 6.16. The molecule has 5 rings (SSSR count). The lowest BCUT2D eigenvalue weighted by Gasteiger charge is -2.33. The molecule has 1 saturated heterocycles. The Morgan fingerprint density at radius 3 is 2.87 bits per heavy atom. The number of anilines is 3. The summed E-state index contributed by atoms with van der Waals surface area (Å²) in [7, 11) is 0. The lowest BCUT2D eigenvalue weighted by molar-refractivity contribution is -0.122. The Balaban J connectivity index is 1.28. The van der Waals surface area contributed by atoms with Crippen molar-refractivity contribution in [3.63, 3.8) is 0 Å². The van der Waals surface area contributed by atoms with Crippen LogP contribution in [0.1, 0.15) is 35.7 Å². The van der Waals surface area contributed by atoms with Crippen LogP contribution in [0, 0.1) is 0 Å². The summed E-state index contributed by atoms with van der Waals surface area (Å²) >= 11 is 0. The summed E-state index contributed by atoms with van der Waals surface area (Å²) in [5, 5.41) is 2.89. The molecule has 0 saturated carbocycles. The smallest absolute Gasteiger partial charge is 0.338 e. The maximum Gasteiger partial charge on any atom is 0.338 e. The lowest BCUT2D eigenvalue weighted by atomic mass is 10.1. The van der Waals surface area contributed by atoms with Crippen LogP contribution in [0.15, 0.2) is 42.5 Å². The largest absolute Gasteiger partial charge is 0.452 e. The van der Waals surface area contributed by atoms with Crippen LogP contribution < -0.4 is 15.1 Å². The van der Waals surface area contributed by atoms with Crippen molar-refractivity contribution >= 4 is 34.8 Å². The number of ether oxygens (including phenoxy) is 1. The molecule has 2 atom stereocenters. The number of carbonyl (C=O) groups excluding carboxylic acids is 3. The van der Waals surface area contributed by atoms with Crippen molar-refractivity contribution in [1.82, 2.24) is 0 Å². The molecule has 3 aliphatic rings. The molecule has 0 unspecified atom stereocenters. The summed E-state index contributed by atoms with van der Waals surface area (Å²) in [5.41, 5.74) is 3.85. The lowest BCUT2D eigenvalue weighted by Crippen LogP contribution is -2.43. The Kier molecular flexibility index (Phi) is 4.46. The van der Waals surface area contributed by atoms with E-state index in [-0.39, 0.29) is 30.5 Å². The second-order valence-electron chi connectivity index (χ2n) is 8.09. The second kappa shape index (κ2) is 7.16. The highest BCUT2D eigenvalue weighted by atomic mass is 16.5. The monoisotopic (exact) mass is 405 g/mol. The van der Waals surface area contributed by atoms with Crippen molar-refractivity contribution in [2.75, 3.05) is 28.3 Å². The van der Waals surface area contributed by atoms with E-state index in [4.69, 9.17) is 4.74 Å². The zero-order valence-electron chi connectivity index (χ0n) is 16.8. The van der Waals surface area contributed by atoms with Gasteiger partial charge in [0.1, 0.15) is 6.04 Å². The van der Waals surface area contributed by atoms with Crippen molar-refractivity contribution in [3.05, 3.63) is 53.6 Å². The number of hydrogen-bond donors (Lipinski definition) is 1. The molecule has 0 aromatic heterocycles. The molecular weight excluding hydrogens is 382 g/mol. The van der Waals surface area contributed by atoms with E-state index in [0.717, 1.165) is 42.7 Å². The summed E-state index contributed by atoms with van der Waals surface area (Å²) in [6.45, 7) is 2.49. The Labute approximate surface area is 174 Å². The van der Waals surface area contributed by atoms with E-state index in [1.54, 1.807) is 17.0 Å². The summed E-state index contributed by atoms with van der Waals surface area (Å²) in [5.74, 6) is -0.863. The topological polar surface area (TPSA) is 79.0 Å². The highest BCUT2D eigenvalue weighted by Gasteiger charge is 2.36.